The molecule has 2 aliphatic heterocycles. The minimum absolute atomic E-state index is 0.0746. The smallest absolute Gasteiger partial charge is 0.262 e. The molecule has 0 radical (unpaired) electrons. The van der Waals surface area contributed by atoms with Crippen LogP contribution >= 0.6 is 0 Å². The molecule has 180 valence electrons. The number of fused-ring (bicyclic) bond motifs is 3. The number of hydrogen-bond donors (Lipinski definition) is 1. The maximum atomic E-state index is 14.4. The lowest BCUT2D eigenvalue weighted by molar-refractivity contribution is -0.138. The van der Waals surface area contributed by atoms with E-state index >= 15 is 0 Å². The number of carbonyl (C=O) groups is 1. The van der Waals surface area contributed by atoms with E-state index in [9.17, 15) is 4.79 Å². The zero-order chi connectivity index (χ0) is 23.3. The Labute approximate surface area is 202 Å². The molecular formula is C28H36N4O2. The summed E-state index contributed by atoms with van der Waals surface area (Å²) < 4.78 is 5.69. The molecule has 1 atom stereocenters. The molecule has 1 aromatic rings. The summed E-state index contributed by atoms with van der Waals surface area (Å²) in [6.07, 6.45) is 15.5. The van der Waals surface area contributed by atoms with Crippen molar-refractivity contribution < 1.29 is 9.53 Å². The summed E-state index contributed by atoms with van der Waals surface area (Å²) in [5, 5.41) is 0. The average Bonchev–Trinajstić information content (AvgIpc) is 3.37. The van der Waals surface area contributed by atoms with Gasteiger partial charge < -0.3 is 10.5 Å². The standard InChI is InChI=1S/C28H36N4O2/c1-34-23-10-13-27(14-11-23)18-21-9-8-20(7-6-19-4-5-19)17-24(21)28(27)25(33)32(26(29)31-28)16-12-22-3-2-15-30-22/h2,8-9,15,17,19,23H,3-7,10-14,16,18H2,1H3,(H2,29,31). The predicted octanol–water partition coefficient (Wildman–Crippen LogP) is 4.26. The van der Waals surface area contributed by atoms with Gasteiger partial charge in [-0.3, -0.25) is 14.7 Å². The molecule has 2 N–H and O–H groups in total. The molecule has 0 bridgehead atoms. The number of amides is 1. The van der Waals surface area contributed by atoms with Crippen molar-refractivity contribution in [2.24, 2.45) is 27.1 Å². The highest BCUT2D eigenvalue weighted by molar-refractivity contribution is 6.08. The molecule has 2 saturated carbocycles. The Hall–Kier alpha value is -2.47. The molecule has 2 fully saturated rings. The molecule has 6 rings (SSSR count). The Morgan fingerprint density at radius 1 is 1.18 bits per heavy atom. The van der Waals surface area contributed by atoms with Crippen LogP contribution in [0, 0.1) is 11.3 Å². The van der Waals surface area contributed by atoms with Gasteiger partial charge in [-0.25, -0.2) is 4.99 Å². The lowest BCUT2D eigenvalue weighted by atomic mass is 9.61. The van der Waals surface area contributed by atoms with E-state index in [-0.39, 0.29) is 17.4 Å². The molecule has 0 aromatic heterocycles. The van der Waals surface area contributed by atoms with Crippen molar-refractivity contribution in [1.82, 2.24) is 4.90 Å². The van der Waals surface area contributed by atoms with E-state index in [1.807, 2.05) is 6.20 Å². The van der Waals surface area contributed by atoms with Gasteiger partial charge in [0.2, 0.25) is 0 Å². The van der Waals surface area contributed by atoms with Gasteiger partial charge in [-0.1, -0.05) is 37.1 Å². The zero-order valence-electron chi connectivity index (χ0n) is 20.3. The quantitative estimate of drug-likeness (QED) is 0.660. The number of methoxy groups -OCH3 is 1. The predicted molar refractivity (Wildman–Crippen MR) is 134 cm³/mol. The molecule has 1 aromatic carbocycles. The fraction of sp³-hybridized carbons (Fsp3) is 0.607. The van der Waals surface area contributed by atoms with Crippen molar-refractivity contribution in [1.29, 1.82) is 0 Å². The number of rotatable bonds is 7. The minimum atomic E-state index is -0.892. The third-order valence-electron chi connectivity index (χ3n) is 9.08. The van der Waals surface area contributed by atoms with E-state index in [2.05, 4.69) is 29.3 Å². The fourth-order valence-electron chi connectivity index (χ4n) is 6.87. The van der Waals surface area contributed by atoms with Crippen molar-refractivity contribution in [3.8, 4) is 0 Å². The van der Waals surface area contributed by atoms with Gasteiger partial charge in [-0.05, 0) is 67.6 Å². The summed E-state index contributed by atoms with van der Waals surface area (Å²) in [6, 6.07) is 6.86. The topological polar surface area (TPSA) is 80.3 Å². The second-order valence-corrected chi connectivity index (χ2v) is 11.0. The van der Waals surface area contributed by atoms with E-state index in [0.717, 1.165) is 68.6 Å². The van der Waals surface area contributed by atoms with E-state index < -0.39 is 5.54 Å². The Morgan fingerprint density at radius 2 is 2.00 bits per heavy atom. The molecule has 6 nitrogen and oxygen atoms in total. The number of allylic oxidation sites excluding steroid dienone is 1. The largest absolute Gasteiger partial charge is 0.381 e. The molecule has 5 aliphatic rings. The van der Waals surface area contributed by atoms with Crippen LogP contribution in [0.25, 0.3) is 0 Å². The zero-order valence-corrected chi connectivity index (χ0v) is 20.3. The fourth-order valence-corrected chi connectivity index (χ4v) is 6.87. The van der Waals surface area contributed by atoms with Gasteiger partial charge in [-0.15, -0.1) is 0 Å². The molecule has 2 spiro atoms. The first-order valence-corrected chi connectivity index (χ1v) is 13.1. The summed E-state index contributed by atoms with van der Waals surface area (Å²) in [5.41, 5.74) is 10.2. The molecule has 34 heavy (non-hydrogen) atoms. The van der Waals surface area contributed by atoms with Gasteiger partial charge in [0.1, 0.15) is 0 Å². The normalized spacial score (nSPS) is 32.1. The SMILES string of the molecule is COC1CCC2(CC1)Cc1ccc(CCC3CC3)cc1C21N=C(N)N(CCC2=NC=CC2)C1=O. The Bertz CT molecular complexity index is 1080. The van der Waals surface area contributed by atoms with Crippen LogP contribution in [-0.2, 0) is 27.9 Å². The molecule has 0 saturated heterocycles. The first-order valence-electron chi connectivity index (χ1n) is 13.1. The number of carbonyl (C=O) groups excluding carboxylic acids is 1. The maximum absolute atomic E-state index is 14.4. The first kappa shape index (κ1) is 22.0. The van der Waals surface area contributed by atoms with Gasteiger partial charge in [0.25, 0.3) is 5.91 Å². The van der Waals surface area contributed by atoms with Gasteiger partial charge in [0, 0.05) is 43.8 Å². The van der Waals surface area contributed by atoms with E-state index in [4.69, 9.17) is 15.5 Å². The highest BCUT2D eigenvalue weighted by atomic mass is 16.5. The van der Waals surface area contributed by atoms with Crippen LogP contribution in [0.3, 0.4) is 0 Å². The summed E-state index contributed by atoms with van der Waals surface area (Å²) in [4.78, 5) is 25.7. The van der Waals surface area contributed by atoms with E-state index in [1.54, 1.807) is 12.0 Å². The first-order chi connectivity index (χ1) is 16.5. The minimum Gasteiger partial charge on any atom is -0.381 e. The average molecular weight is 461 g/mol. The van der Waals surface area contributed by atoms with Crippen LogP contribution in [0.2, 0.25) is 0 Å². The van der Waals surface area contributed by atoms with Crippen molar-refractivity contribution in [3.63, 3.8) is 0 Å². The number of nitrogens with zero attached hydrogens (tertiary/aromatic N) is 3. The second kappa shape index (κ2) is 8.33. The lowest BCUT2D eigenvalue weighted by Crippen LogP contribution is -2.52. The third-order valence-corrected chi connectivity index (χ3v) is 9.08. The molecule has 3 aliphatic carbocycles. The van der Waals surface area contributed by atoms with E-state index in [1.165, 1.54) is 30.4 Å². The number of aliphatic imine (C=N–C) groups is 2. The van der Waals surface area contributed by atoms with Crippen LogP contribution in [0.1, 0.15) is 74.5 Å². The van der Waals surface area contributed by atoms with Gasteiger partial charge in [0.05, 0.1) is 6.10 Å². The van der Waals surface area contributed by atoms with Crippen molar-refractivity contribution >= 4 is 17.6 Å². The molecular weight excluding hydrogens is 424 g/mol. The highest BCUT2D eigenvalue weighted by Crippen LogP contribution is 2.62. The summed E-state index contributed by atoms with van der Waals surface area (Å²) in [7, 11) is 1.80. The lowest BCUT2D eigenvalue weighted by Gasteiger charge is -2.45. The van der Waals surface area contributed by atoms with Crippen LogP contribution in [0.5, 0.6) is 0 Å². The summed E-state index contributed by atoms with van der Waals surface area (Å²) in [6.45, 7) is 0.546. The monoisotopic (exact) mass is 460 g/mol. The Balaban J connectivity index is 1.35. The summed E-state index contributed by atoms with van der Waals surface area (Å²) in [5.74, 6) is 1.34. The number of benzene rings is 1. The van der Waals surface area contributed by atoms with Crippen molar-refractivity contribution in [3.05, 3.63) is 47.2 Å². The number of hydrogen-bond acceptors (Lipinski definition) is 5. The summed E-state index contributed by atoms with van der Waals surface area (Å²) >= 11 is 0. The Kier molecular flexibility index (Phi) is 5.40. The number of nitrogens with two attached hydrogens (primary N) is 1. The second-order valence-electron chi connectivity index (χ2n) is 11.0. The molecule has 1 unspecified atom stereocenters. The van der Waals surface area contributed by atoms with Crippen molar-refractivity contribution in [2.45, 2.75) is 82.3 Å². The van der Waals surface area contributed by atoms with Crippen LogP contribution in [-0.4, -0.2) is 42.2 Å². The van der Waals surface area contributed by atoms with Gasteiger partial charge in [-0.2, -0.15) is 0 Å². The third kappa shape index (κ3) is 3.44. The van der Waals surface area contributed by atoms with E-state index in [0.29, 0.717) is 12.5 Å². The maximum Gasteiger partial charge on any atom is 0.262 e. The van der Waals surface area contributed by atoms with Gasteiger partial charge >= 0.3 is 0 Å². The molecule has 6 heteroatoms. The van der Waals surface area contributed by atoms with Crippen molar-refractivity contribution in [2.75, 3.05) is 13.7 Å². The Morgan fingerprint density at radius 3 is 2.71 bits per heavy atom. The van der Waals surface area contributed by atoms with Gasteiger partial charge in [0.15, 0.2) is 11.5 Å². The number of aryl methyl sites for hydroxylation is 1. The highest BCUT2D eigenvalue weighted by Gasteiger charge is 2.66. The van der Waals surface area contributed by atoms with Crippen LogP contribution in [0.4, 0.5) is 0 Å². The molecule has 1 amide bonds. The molecule has 2 heterocycles. The number of guanidine groups is 1. The van der Waals surface area contributed by atoms with Crippen LogP contribution < -0.4 is 5.73 Å². The number of ether oxygens (including phenoxy) is 1. The van der Waals surface area contributed by atoms with Crippen LogP contribution in [0.15, 0.2) is 40.5 Å².